The van der Waals surface area contributed by atoms with Gasteiger partial charge in [0, 0.05) is 25.4 Å². The summed E-state index contributed by atoms with van der Waals surface area (Å²) in [5.74, 6) is 0.917. The lowest BCUT2D eigenvalue weighted by atomic mass is 10.3. The van der Waals surface area contributed by atoms with Crippen molar-refractivity contribution in [2.24, 2.45) is 0 Å². The van der Waals surface area contributed by atoms with Crippen LogP contribution in [0.1, 0.15) is 13.8 Å². The first-order valence-corrected chi connectivity index (χ1v) is 4.14. The molecule has 0 aliphatic carbocycles. The molecule has 1 aromatic heterocycles. The van der Waals surface area contributed by atoms with Crippen LogP contribution in [-0.4, -0.2) is 16.3 Å². The highest BCUT2D eigenvalue weighted by Gasteiger charge is 1.94. The highest BCUT2D eigenvalue weighted by atomic mass is 15.3. The van der Waals surface area contributed by atoms with Gasteiger partial charge in [-0.3, -0.25) is 4.68 Å². The lowest BCUT2D eigenvalue weighted by molar-refractivity contribution is 0.661. The third-order valence-corrected chi connectivity index (χ3v) is 1.54. The van der Waals surface area contributed by atoms with E-state index in [9.17, 15) is 0 Å². The second-order valence-electron chi connectivity index (χ2n) is 2.87. The molecule has 0 unspecified atom stereocenters. The molecule has 0 amide bonds. The minimum Gasteiger partial charge on any atom is -0.365 e. The number of aryl methyl sites for hydroxylation is 1. The molecule has 1 heterocycles. The molecule has 1 N–H and O–H groups in total. The normalized spacial score (nSPS) is 9.83. The zero-order chi connectivity index (χ0) is 8.97. The van der Waals surface area contributed by atoms with Crippen molar-refractivity contribution < 1.29 is 0 Å². The van der Waals surface area contributed by atoms with Gasteiger partial charge in [0.2, 0.25) is 0 Å². The Hall–Kier alpha value is -1.25. The van der Waals surface area contributed by atoms with Gasteiger partial charge in [0.25, 0.3) is 0 Å². The summed E-state index contributed by atoms with van der Waals surface area (Å²) in [5.41, 5.74) is 1.11. The van der Waals surface area contributed by atoms with Crippen molar-refractivity contribution in [3.05, 3.63) is 24.4 Å². The predicted molar refractivity (Wildman–Crippen MR) is 51.2 cm³/mol. The van der Waals surface area contributed by atoms with Crippen molar-refractivity contribution in [1.82, 2.24) is 9.78 Å². The molecular formula is C9H15N3. The summed E-state index contributed by atoms with van der Waals surface area (Å²) >= 11 is 0. The van der Waals surface area contributed by atoms with Crippen LogP contribution in [0.15, 0.2) is 24.4 Å². The largest absolute Gasteiger partial charge is 0.365 e. The zero-order valence-electron chi connectivity index (χ0n) is 7.67. The molecule has 0 atom stereocenters. The van der Waals surface area contributed by atoms with Gasteiger partial charge in [-0.05, 0) is 13.8 Å². The molecule has 1 rings (SSSR count). The van der Waals surface area contributed by atoms with E-state index >= 15 is 0 Å². The summed E-state index contributed by atoms with van der Waals surface area (Å²) in [6.07, 6.45) is 1.96. The fourth-order valence-electron chi connectivity index (χ4n) is 0.874. The van der Waals surface area contributed by atoms with Crippen molar-refractivity contribution in [3.63, 3.8) is 0 Å². The number of hydrogen-bond donors (Lipinski definition) is 1. The maximum atomic E-state index is 4.27. The number of nitrogens with one attached hydrogen (secondary N) is 1. The van der Waals surface area contributed by atoms with Crippen LogP contribution in [0, 0.1) is 0 Å². The molecule has 0 fully saturated rings. The molecule has 0 aliphatic heterocycles. The molecule has 12 heavy (non-hydrogen) atoms. The van der Waals surface area contributed by atoms with Crippen molar-refractivity contribution in [2.75, 3.05) is 11.9 Å². The van der Waals surface area contributed by atoms with Crippen molar-refractivity contribution in [1.29, 1.82) is 0 Å². The van der Waals surface area contributed by atoms with E-state index in [-0.39, 0.29) is 0 Å². The number of anilines is 1. The van der Waals surface area contributed by atoms with Gasteiger partial charge in [-0.25, -0.2) is 0 Å². The van der Waals surface area contributed by atoms with Gasteiger partial charge in [-0.15, -0.1) is 0 Å². The van der Waals surface area contributed by atoms with E-state index in [1.165, 1.54) is 0 Å². The molecule has 3 nitrogen and oxygen atoms in total. The average Bonchev–Trinajstić information content (AvgIpc) is 2.48. The molecule has 3 heteroatoms. The van der Waals surface area contributed by atoms with Crippen molar-refractivity contribution in [2.45, 2.75) is 20.4 Å². The fraction of sp³-hybridized carbons (Fsp3) is 0.444. The summed E-state index contributed by atoms with van der Waals surface area (Å²) in [7, 11) is 0. The van der Waals surface area contributed by atoms with Crippen LogP contribution in [0.2, 0.25) is 0 Å². The predicted octanol–water partition coefficient (Wildman–Crippen LogP) is 1.89. The Labute approximate surface area is 73.1 Å². The Morgan fingerprint density at radius 2 is 2.50 bits per heavy atom. The molecule has 0 saturated heterocycles. The molecular weight excluding hydrogens is 150 g/mol. The summed E-state index contributed by atoms with van der Waals surface area (Å²) in [4.78, 5) is 0. The topological polar surface area (TPSA) is 29.9 Å². The minimum atomic E-state index is 0.792. The van der Waals surface area contributed by atoms with Crippen LogP contribution in [0.3, 0.4) is 0 Å². The van der Waals surface area contributed by atoms with Crippen LogP contribution in [0.5, 0.6) is 0 Å². The molecule has 0 saturated carbocycles. The summed E-state index contributed by atoms with van der Waals surface area (Å²) in [5, 5.41) is 7.43. The van der Waals surface area contributed by atoms with Crippen LogP contribution in [-0.2, 0) is 6.54 Å². The lowest BCUT2D eigenvalue weighted by Crippen LogP contribution is -2.03. The van der Waals surface area contributed by atoms with E-state index in [1.54, 1.807) is 0 Å². The Balaban J connectivity index is 2.47. The second kappa shape index (κ2) is 3.95. The van der Waals surface area contributed by atoms with Crippen molar-refractivity contribution in [3.8, 4) is 0 Å². The van der Waals surface area contributed by atoms with Crippen LogP contribution in [0.25, 0.3) is 0 Å². The summed E-state index contributed by atoms with van der Waals surface area (Å²) in [6.45, 7) is 9.56. The fourth-order valence-corrected chi connectivity index (χ4v) is 0.874. The first kappa shape index (κ1) is 8.84. The SMILES string of the molecule is C=C(C)CNc1ccn(CC)n1. The number of nitrogens with zero attached hydrogens (tertiary/aromatic N) is 2. The van der Waals surface area contributed by atoms with Gasteiger partial charge in [-0.1, -0.05) is 12.2 Å². The van der Waals surface area contributed by atoms with Gasteiger partial charge >= 0.3 is 0 Å². The van der Waals surface area contributed by atoms with Gasteiger partial charge in [0.1, 0.15) is 5.82 Å². The van der Waals surface area contributed by atoms with E-state index < -0.39 is 0 Å². The molecule has 0 aliphatic rings. The quantitative estimate of drug-likeness (QED) is 0.690. The maximum absolute atomic E-state index is 4.27. The Kier molecular flexibility index (Phi) is 2.91. The lowest BCUT2D eigenvalue weighted by Gasteiger charge is -2.00. The van der Waals surface area contributed by atoms with Crippen molar-refractivity contribution >= 4 is 5.82 Å². The summed E-state index contributed by atoms with van der Waals surface area (Å²) < 4.78 is 1.89. The molecule has 66 valence electrons. The van der Waals surface area contributed by atoms with Gasteiger partial charge in [-0.2, -0.15) is 5.10 Å². The van der Waals surface area contributed by atoms with Gasteiger partial charge in [0.15, 0.2) is 0 Å². The van der Waals surface area contributed by atoms with E-state index in [2.05, 4.69) is 23.9 Å². The van der Waals surface area contributed by atoms with Crippen LogP contribution in [0.4, 0.5) is 5.82 Å². The zero-order valence-corrected chi connectivity index (χ0v) is 7.67. The molecule has 1 aromatic rings. The minimum absolute atomic E-state index is 0.792. The third-order valence-electron chi connectivity index (χ3n) is 1.54. The highest BCUT2D eigenvalue weighted by Crippen LogP contribution is 2.02. The Morgan fingerprint density at radius 1 is 1.75 bits per heavy atom. The summed E-state index contributed by atoms with van der Waals surface area (Å²) in [6, 6.07) is 1.96. The van der Waals surface area contributed by atoms with Crippen LogP contribution < -0.4 is 5.32 Å². The number of hydrogen-bond acceptors (Lipinski definition) is 2. The monoisotopic (exact) mass is 165 g/mol. The molecule has 0 bridgehead atoms. The van der Waals surface area contributed by atoms with Gasteiger partial charge in [0.05, 0.1) is 0 Å². The third kappa shape index (κ3) is 2.42. The van der Waals surface area contributed by atoms with Crippen LogP contribution >= 0.6 is 0 Å². The maximum Gasteiger partial charge on any atom is 0.148 e. The van der Waals surface area contributed by atoms with E-state index in [1.807, 2.05) is 23.9 Å². The first-order chi connectivity index (χ1) is 5.72. The molecule has 0 spiro atoms. The Bertz CT molecular complexity index is 262. The first-order valence-electron chi connectivity index (χ1n) is 4.14. The smallest absolute Gasteiger partial charge is 0.148 e. The number of aromatic nitrogens is 2. The average molecular weight is 165 g/mol. The second-order valence-corrected chi connectivity index (χ2v) is 2.87. The standard InChI is InChI=1S/C9H15N3/c1-4-12-6-5-9(11-12)10-7-8(2)3/h5-6H,2,4,7H2,1,3H3,(H,10,11). The molecule has 0 radical (unpaired) electrons. The molecule has 0 aromatic carbocycles. The highest BCUT2D eigenvalue weighted by molar-refractivity contribution is 5.33. The van der Waals surface area contributed by atoms with E-state index in [0.29, 0.717) is 0 Å². The van der Waals surface area contributed by atoms with Gasteiger partial charge < -0.3 is 5.32 Å². The Morgan fingerprint density at radius 3 is 3.00 bits per heavy atom. The van der Waals surface area contributed by atoms with E-state index in [0.717, 1.165) is 24.5 Å². The number of rotatable bonds is 4. The van der Waals surface area contributed by atoms with E-state index in [4.69, 9.17) is 0 Å².